The van der Waals surface area contributed by atoms with E-state index in [0.717, 1.165) is 5.56 Å². The van der Waals surface area contributed by atoms with Crippen LogP contribution >= 0.6 is 11.6 Å². The van der Waals surface area contributed by atoms with Gasteiger partial charge in [0.25, 0.3) is 5.56 Å². The molecule has 5 aromatic rings. The first-order valence-electron chi connectivity index (χ1n) is 11.1. The third kappa shape index (κ3) is 4.92. The molecule has 1 unspecified atom stereocenters. The quantitative estimate of drug-likeness (QED) is 0.268. The number of pyridine rings is 1. The van der Waals surface area contributed by atoms with Gasteiger partial charge in [-0.2, -0.15) is 0 Å². The van der Waals surface area contributed by atoms with Crippen LogP contribution in [0.2, 0.25) is 5.02 Å². The monoisotopic (exact) mass is 503 g/mol. The van der Waals surface area contributed by atoms with E-state index in [4.69, 9.17) is 21.8 Å². The van der Waals surface area contributed by atoms with Crippen molar-refractivity contribution in [2.75, 3.05) is 5.73 Å². The number of aromatic nitrogens is 2. The lowest BCUT2D eigenvalue weighted by molar-refractivity contribution is 0.410. The van der Waals surface area contributed by atoms with Crippen molar-refractivity contribution in [3.8, 4) is 22.5 Å². The van der Waals surface area contributed by atoms with Crippen molar-refractivity contribution in [3.05, 3.63) is 130 Å². The van der Waals surface area contributed by atoms with E-state index in [1.165, 1.54) is 41.1 Å². The highest BCUT2D eigenvalue weighted by atomic mass is 35.5. The molecule has 0 aliphatic rings. The highest BCUT2D eigenvalue weighted by molar-refractivity contribution is 6.31. The minimum atomic E-state index is -0.622. The Hall–Kier alpha value is -4.23. The molecule has 0 saturated heterocycles. The Kier molecular flexibility index (Phi) is 6.40. The fourth-order valence-electron chi connectivity index (χ4n) is 4.03. The Labute approximate surface area is 210 Å². The molecule has 0 amide bonds. The van der Waals surface area contributed by atoms with Gasteiger partial charge in [-0.1, -0.05) is 23.7 Å². The lowest BCUT2D eigenvalue weighted by Crippen LogP contribution is -2.26. The summed E-state index contributed by atoms with van der Waals surface area (Å²) in [4.78, 5) is 17.7. The van der Waals surface area contributed by atoms with Gasteiger partial charge >= 0.3 is 0 Å². The van der Waals surface area contributed by atoms with E-state index in [9.17, 15) is 13.6 Å². The molecule has 3 aromatic carbocycles. The maximum absolute atomic E-state index is 13.5. The lowest BCUT2D eigenvalue weighted by atomic mass is 10.0. The molecule has 8 heteroatoms. The van der Waals surface area contributed by atoms with Crippen LogP contribution in [0.15, 0.2) is 100 Å². The Bertz CT molecular complexity index is 1580. The van der Waals surface area contributed by atoms with Crippen molar-refractivity contribution >= 4 is 17.3 Å². The fraction of sp³-hybridized carbons (Fsp3) is 0.0714. The zero-order chi connectivity index (χ0) is 25.2. The Morgan fingerprint density at radius 1 is 0.917 bits per heavy atom. The summed E-state index contributed by atoms with van der Waals surface area (Å²) in [6.07, 6.45) is 3.50. The summed E-state index contributed by atoms with van der Waals surface area (Å²) < 4.78 is 34.4. The van der Waals surface area contributed by atoms with Crippen LogP contribution in [0.1, 0.15) is 17.5 Å². The average molecular weight is 504 g/mol. The smallest absolute Gasteiger partial charge is 0.251 e. The zero-order valence-electron chi connectivity index (χ0n) is 18.9. The minimum Gasteiger partial charge on any atom is -0.438 e. The molecule has 2 N–H and O–H groups in total. The number of oxazole rings is 1. The topological polar surface area (TPSA) is 74.1 Å². The van der Waals surface area contributed by atoms with E-state index in [2.05, 4.69) is 4.98 Å². The van der Waals surface area contributed by atoms with Crippen molar-refractivity contribution in [2.45, 2.75) is 12.5 Å². The maximum atomic E-state index is 13.5. The number of hydrogen-bond donors (Lipinski definition) is 1. The predicted octanol–water partition coefficient (Wildman–Crippen LogP) is 6.52. The normalized spacial score (nSPS) is 12.0. The second kappa shape index (κ2) is 9.79. The number of halogens is 3. The molecule has 0 spiro atoms. The van der Waals surface area contributed by atoms with Gasteiger partial charge in [-0.25, -0.2) is 13.8 Å². The number of rotatable bonds is 6. The van der Waals surface area contributed by atoms with Gasteiger partial charge in [-0.05, 0) is 71.8 Å². The highest BCUT2D eigenvalue weighted by Gasteiger charge is 2.22. The van der Waals surface area contributed by atoms with E-state index in [-0.39, 0.29) is 23.1 Å². The molecule has 2 aromatic heterocycles. The average Bonchev–Trinajstić information content (AvgIpc) is 3.36. The van der Waals surface area contributed by atoms with Gasteiger partial charge in [0, 0.05) is 40.5 Å². The van der Waals surface area contributed by atoms with Gasteiger partial charge in [0.15, 0.2) is 5.76 Å². The fourth-order valence-corrected chi connectivity index (χ4v) is 4.20. The van der Waals surface area contributed by atoms with Crippen LogP contribution in [0.25, 0.3) is 22.5 Å². The third-order valence-electron chi connectivity index (χ3n) is 5.89. The van der Waals surface area contributed by atoms with Gasteiger partial charge in [0.1, 0.15) is 17.7 Å². The molecule has 36 heavy (non-hydrogen) atoms. The first kappa shape index (κ1) is 23.5. The molecule has 0 radical (unpaired) electrons. The molecule has 1 atom stereocenters. The van der Waals surface area contributed by atoms with Crippen molar-refractivity contribution in [1.82, 2.24) is 9.55 Å². The summed E-state index contributed by atoms with van der Waals surface area (Å²) in [6, 6.07) is 19.6. The molecule has 0 saturated carbocycles. The number of benzene rings is 3. The number of hydrogen-bond acceptors (Lipinski definition) is 4. The van der Waals surface area contributed by atoms with Crippen molar-refractivity contribution < 1.29 is 13.2 Å². The molecule has 2 heterocycles. The summed E-state index contributed by atoms with van der Waals surface area (Å²) in [5.74, 6) is 0.00607. The molecular weight excluding hydrogens is 484 g/mol. The summed E-state index contributed by atoms with van der Waals surface area (Å²) in [5, 5.41) is 0.505. The van der Waals surface area contributed by atoms with Crippen molar-refractivity contribution in [3.63, 3.8) is 0 Å². The van der Waals surface area contributed by atoms with Gasteiger partial charge in [-0.15, -0.1) is 0 Å². The summed E-state index contributed by atoms with van der Waals surface area (Å²) >= 11 is 6.12. The zero-order valence-corrected chi connectivity index (χ0v) is 19.6. The Morgan fingerprint density at radius 2 is 1.61 bits per heavy atom. The summed E-state index contributed by atoms with van der Waals surface area (Å²) in [5.41, 5.74) is 9.00. The SMILES string of the molecule is Nc1ccc(Cl)cc1-c1ccn(C(Cc2ccc(F)cc2)c2ncc(-c3ccc(F)cc3)o2)c(=O)c1. The molecular formula is C28H20ClF2N3O2. The molecule has 5 nitrogen and oxygen atoms in total. The number of nitrogens with zero attached hydrogens (tertiary/aromatic N) is 2. The largest absolute Gasteiger partial charge is 0.438 e. The van der Waals surface area contributed by atoms with E-state index in [0.29, 0.717) is 39.6 Å². The van der Waals surface area contributed by atoms with Crippen LogP contribution in [0, 0.1) is 11.6 Å². The lowest BCUT2D eigenvalue weighted by Gasteiger charge is -2.18. The number of nitrogens with two attached hydrogens (primary N) is 1. The first-order valence-corrected chi connectivity index (χ1v) is 11.5. The Morgan fingerprint density at radius 3 is 2.31 bits per heavy atom. The minimum absolute atomic E-state index is 0.288. The molecule has 0 bridgehead atoms. The standard InChI is InChI=1S/C28H20ClF2N3O2/c29-20-5-10-24(32)23(15-20)19-11-12-34(27(35)14-19)25(13-17-1-6-21(30)7-2-17)28-33-16-26(36-28)18-3-8-22(31)9-4-18/h1-12,14-16,25H,13,32H2. The van der Waals surface area contributed by atoms with E-state index >= 15 is 0 Å². The molecule has 5 rings (SSSR count). The molecule has 180 valence electrons. The van der Waals surface area contributed by atoms with Crippen LogP contribution in [0.5, 0.6) is 0 Å². The maximum Gasteiger partial charge on any atom is 0.251 e. The van der Waals surface area contributed by atoms with Crippen LogP contribution < -0.4 is 11.3 Å². The first-order chi connectivity index (χ1) is 17.4. The third-order valence-corrected chi connectivity index (χ3v) is 6.13. The van der Waals surface area contributed by atoms with Gasteiger partial charge < -0.3 is 14.7 Å². The summed E-state index contributed by atoms with van der Waals surface area (Å²) in [7, 11) is 0. The highest BCUT2D eigenvalue weighted by Crippen LogP contribution is 2.30. The molecule has 0 fully saturated rings. The van der Waals surface area contributed by atoms with Crippen LogP contribution in [-0.4, -0.2) is 9.55 Å². The molecule has 0 aliphatic carbocycles. The van der Waals surface area contributed by atoms with Crippen LogP contribution in [-0.2, 0) is 6.42 Å². The number of nitrogen functional groups attached to an aromatic ring is 1. The molecule has 0 aliphatic heterocycles. The second-order valence-electron chi connectivity index (χ2n) is 8.31. The van der Waals surface area contributed by atoms with Gasteiger partial charge in [0.05, 0.1) is 6.20 Å². The van der Waals surface area contributed by atoms with E-state index < -0.39 is 6.04 Å². The van der Waals surface area contributed by atoms with E-state index in [1.54, 1.807) is 54.7 Å². The van der Waals surface area contributed by atoms with Gasteiger partial charge in [-0.3, -0.25) is 4.79 Å². The van der Waals surface area contributed by atoms with Crippen LogP contribution in [0.4, 0.5) is 14.5 Å². The van der Waals surface area contributed by atoms with E-state index in [1.807, 2.05) is 0 Å². The Balaban J connectivity index is 1.56. The number of anilines is 1. The second-order valence-corrected chi connectivity index (χ2v) is 8.74. The summed E-state index contributed by atoms with van der Waals surface area (Å²) in [6.45, 7) is 0. The van der Waals surface area contributed by atoms with Crippen molar-refractivity contribution in [1.29, 1.82) is 0 Å². The van der Waals surface area contributed by atoms with Crippen LogP contribution in [0.3, 0.4) is 0 Å². The predicted molar refractivity (Wildman–Crippen MR) is 136 cm³/mol. The van der Waals surface area contributed by atoms with Gasteiger partial charge in [0.2, 0.25) is 5.89 Å². The van der Waals surface area contributed by atoms with Crippen molar-refractivity contribution in [2.24, 2.45) is 0 Å².